The van der Waals surface area contributed by atoms with Crippen molar-refractivity contribution in [2.75, 3.05) is 11.7 Å². The summed E-state index contributed by atoms with van der Waals surface area (Å²) in [7, 11) is 0. The number of benzene rings is 3. The lowest BCUT2D eigenvalue weighted by Crippen LogP contribution is -2.30. The molecule has 2 heterocycles. The molecule has 1 N–H and O–H groups in total. The maximum atomic E-state index is 14.2. The van der Waals surface area contributed by atoms with Crippen molar-refractivity contribution < 1.29 is 28.7 Å². The smallest absolute Gasteiger partial charge is 0.281 e. The molecule has 2 aliphatic heterocycles. The minimum absolute atomic E-state index is 0.0209. The van der Waals surface area contributed by atoms with Crippen LogP contribution in [0.2, 0.25) is 5.02 Å². The normalized spacial score (nSPS) is 15.9. The molecule has 1 amide bonds. The Morgan fingerprint density at radius 3 is 2.79 bits per heavy atom. The quantitative estimate of drug-likeness (QED) is 0.352. The number of ketones is 1. The van der Waals surface area contributed by atoms with E-state index in [2.05, 4.69) is 5.16 Å². The molecule has 33 heavy (non-hydrogen) atoms. The number of hydrogen-bond donors (Lipinski definition) is 1. The number of anilines is 1. The van der Waals surface area contributed by atoms with Crippen LogP contribution in [0.25, 0.3) is 0 Å². The van der Waals surface area contributed by atoms with E-state index in [0.29, 0.717) is 33.1 Å². The number of hydrogen-bond acceptors (Lipinski definition) is 6. The molecule has 166 valence electrons. The molecule has 0 unspecified atom stereocenters. The van der Waals surface area contributed by atoms with Crippen molar-refractivity contribution in [2.24, 2.45) is 5.16 Å². The first-order valence-electron chi connectivity index (χ1n) is 9.97. The Bertz CT molecular complexity index is 1340. The number of nitrogens with zero attached hydrogens (tertiary/aromatic N) is 2. The number of rotatable bonds is 4. The second-order valence-corrected chi connectivity index (χ2v) is 7.95. The van der Waals surface area contributed by atoms with E-state index in [4.69, 9.17) is 21.1 Å². The van der Waals surface area contributed by atoms with Crippen molar-refractivity contribution in [1.82, 2.24) is 0 Å². The number of halogens is 2. The van der Waals surface area contributed by atoms with Crippen LogP contribution in [0, 0.1) is 5.82 Å². The fraction of sp³-hybridized carbons (Fsp3) is 0.125. The van der Waals surface area contributed by atoms with Crippen LogP contribution in [0.1, 0.15) is 32.6 Å². The maximum absolute atomic E-state index is 14.2. The zero-order valence-corrected chi connectivity index (χ0v) is 17.8. The van der Waals surface area contributed by atoms with Crippen LogP contribution in [0.4, 0.5) is 10.1 Å². The van der Waals surface area contributed by atoms with E-state index >= 15 is 0 Å². The molecule has 0 bridgehead atoms. The van der Waals surface area contributed by atoms with Gasteiger partial charge in [-0.25, -0.2) is 4.39 Å². The molecule has 0 aromatic heterocycles. The number of fused-ring (bicyclic) bond motifs is 2. The molecule has 9 heteroatoms. The molecule has 3 aromatic rings. The summed E-state index contributed by atoms with van der Waals surface area (Å²) >= 11 is 6.15. The van der Waals surface area contributed by atoms with E-state index in [9.17, 15) is 19.2 Å². The molecule has 3 aromatic carbocycles. The lowest BCUT2D eigenvalue weighted by molar-refractivity contribution is -0.112. The van der Waals surface area contributed by atoms with Gasteiger partial charge in [-0.1, -0.05) is 28.9 Å². The lowest BCUT2D eigenvalue weighted by atomic mass is 9.99. The minimum Gasteiger partial charge on any atom is -0.467 e. The number of carbonyl (C=O) groups is 2. The molecular weight excluding hydrogens is 451 g/mol. The summed E-state index contributed by atoms with van der Waals surface area (Å²) in [6.07, 6.45) is 0. The van der Waals surface area contributed by atoms with Crippen molar-refractivity contribution in [1.29, 1.82) is 0 Å². The van der Waals surface area contributed by atoms with Gasteiger partial charge in [-0.05, 0) is 42.5 Å². The summed E-state index contributed by atoms with van der Waals surface area (Å²) < 4.78 is 24.9. The monoisotopic (exact) mass is 466 g/mol. The molecule has 0 saturated carbocycles. The Morgan fingerprint density at radius 1 is 1.18 bits per heavy atom. The van der Waals surface area contributed by atoms with Crippen molar-refractivity contribution in [3.05, 3.63) is 93.3 Å². The van der Waals surface area contributed by atoms with Crippen LogP contribution in [0.5, 0.6) is 5.75 Å². The summed E-state index contributed by atoms with van der Waals surface area (Å²) in [4.78, 5) is 27.3. The molecule has 0 aliphatic carbocycles. The van der Waals surface area contributed by atoms with Gasteiger partial charge in [-0.2, -0.15) is 0 Å². The van der Waals surface area contributed by atoms with Gasteiger partial charge in [0.25, 0.3) is 5.91 Å². The highest BCUT2D eigenvalue weighted by Crippen LogP contribution is 2.36. The first kappa shape index (κ1) is 21.1. The number of ether oxygens (including phenoxy) is 2. The zero-order chi connectivity index (χ0) is 23.1. The molecule has 0 radical (unpaired) electrons. The molecular formula is C24H16ClFN2O5. The lowest BCUT2D eigenvalue weighted by Gasteiger charge is -2.24. The van der Waals surface area contributed by atoms with Gasteiger partial charge in [0.1, 0.15) is 11.6 Å². The third-order valence-corrected chi connectivity index (χ3v) is 5.88. The fourth-order valence-corrected chi connectivity index (χ4v) is 4.28. The maximum Gasteiger partial charge on any atom is 0.281 e. The van der Waals surface area contributed by atoms with Gasteiger partial charge in [0.05, 0.1) is 23.9 Å². The van der Waals surface area contributed by atoms with Gasteiger partial charge in [0.15, 0.2) is 18.3 Å². The van der Waals surface area contributed by atoms with E-state index < -0.39 is 11.7 Å². The van der Waals surface area contributed by atoms with Gasteiger partial charge in [0, 0.05) is 27.8 Å². The van der Waals surface area contributed by atoms with Gasteiger partial charge in [-0.3, -0.25) is 9.59 Å². The highest BCUT2D eigenvalue weighted by Gasteiger charge is 2.36. The Kier molecular flexibility index (Phi) is 5.32. The number of amides is 1. The van der Waals surface area contributed by atoms with Crippen LogP contribution in [0.15, 0.2) is 59.8 Å². The average Bonchev–Trinajstić information content (AvgIpc) is 3.08. The van der Waals surface area contributed by atoms with Crippen LogP contribution in [-0.4, -0.2) is 29.4 Å². The predicted octanol–water partition coefficient (Wildman–Crippen LogP) is 4.30. The van der Waals surface area contributed by atoms with E-state index in [1.807, 2.05) is 0 Å². The first-order valence-corrected chi connectivity index (χ1v) is 10.3. The number of oxime groups is 1. The van der Waals surface area contributed by atoms with E-state index in [0.717, 1.165) is 0 Å². The highest BCUT2D eigenvalue weighted by atomic mass is 35.5. The molecule has 7 nitrogen and oxygen atoms in total. The summed E-state index contributed by atoms with van der Waals surface area (Å²) in [5, 5.41) is 13.0. The Hall–Kier alpha value is -3.75. The SMILES string of the molecule is O=C(c1ccc2c(c1)/C(=N\O)C(=O)N2Cc1cc(F)cc2c1OCOC2)c1ccccc1Cl. The minimum atomic E-state index is -0.583. The van der Waals surface area contributed by atoms with Crippen molar-refractivity contribution in [2.45, 2.75) is 13.2 Å². The molecule has 2 aliphatic rings. The topological polar surface area (TPSA) is 88.4 Å². The molecule has 0 saturated heterocycles. The second-order valence-electron chi connectivity index (χ2n) is 7.54. The van der Waals surface area contributed by atoms with E-state index in [-0.39, 0.29) is 42.6 Å². The van der Waals surface area contributed by atoms with Crippen LogP contribution in [-0.2, 0) is 22.7 Å². The predicted molar refractivity (Wildman–Crippen MR) is 118 cm³/mol. The molecule has 0 spiro atoms. The first-order chi connectivity index (χ1) is 16.0. The molecule has 0 atom stereocenters. The summed E-state index contributed by atoms with van der Waals surface area (Å²) in [6.45, 7) is 0.192. The Morgan fingerprint density at radius 2 is 2.00 bits per heavy atom. The Labute approximate surface area is 192 Å². The summed E-state index contributed by atoms with van der Waals surface area (Å²) in [5.41, 5.74) is 2.08. The highest BCUT2D eigenvalue weighted by molar-refractivity contribution is 6.54. The number of carbonyl (C=O) groups excluding carboxylic acids is 2. The third kappa shape index (κ3) is 3.63. The largest absolute Gasteiger partial charge is 0.467 e. The average molecular weight is 467 g/mol. The molecule has 5 rings (SSSR count). The van der Waals surface area contributed by atoms with Crippen LogP contribution < -0.4 is 9.64 Å². The second kappa shape index (κ2) is 8.31. The Balaban J connectivity index is 1.54. The van der Waals surface area contributed by atoms with Gasteiger partial charge in [-0.15, -0.1) is 0 Å². The van der Waals surface area contributed by atoms with Crippen LogP contribution >= 0.6 is 11.6 Å². The van der Waals surface area contributed by atoms with Gasteiger partial charge in [0.2, 0.25) is 0 Å². The standard InChI is InChI=1S/C24H16ClFN2O5/c25-19-4-2-1-3-17(19)22(29)13-5-6-20-18(9-13)21(27-31)24(30)28(20)10-14-7-16(26)8-15-11-32-12-33-23(14)15/h1-9,31H,10-12H2/b27-21+. The molecule has 0 fully saturated rings. The summed E-state index contributed by atoms with van der Waals surface area (Å²) in [5.74, 6) is -0.947. The van der Waals surface area contributed by atoms with Gasteiger partial charge < -0.3 is 19.6 Å². The zero-order valence-electron chi connectivity index (χ0n) is 17.0. The van der Waals surface area contributed by atoms with Crippen molar-refractivity contribution in [3.63, 3.8) is 0 Å². The van der Waals surface area contributed by atoms with Crippen LogP contribution in [0.3, 0.4) is 0 Å². The van der Waals surface area contributed by atoms with E-state index in [1.165, 1.54) is 23.1 Å². The summed E-state index contributed by atoms with van der Waals surface area (Å²) in [6, 6.07) is 13.9. The van der Waals surface area contributed by atoms with Crippen molar-refractivity contribution >= 4 is 34.7 Å². The third-order valence-electron chi connectivity index (χ3n) is 5.55. The van der Waals surface area contributed by atoms with Crippen molar-refractivity contribution in [3.8, 4) is 5.75 Å². The van der Waals surface area contributed by atoms with E-state index in [1.54, 1.807) is 36.4 Å². The fourth-order valence-electron chi connectivity index (χ4n) is 4.05. The van der Waals surface area contributed by atoms with Gasteiger partial charge >= 0.3 is 0 Å².